The Bertz CT molecular complexity index is 6020. The van der Waals surface area contributed by atoms with Gasteiger partial charge in [0.05, 0.1) is 66.2 Å². The Kier molecular flexibility index (Phi) is 10.1. The van der Waals surface area contributed by atoms with Gasteiger partial charge >= 0.3 is 0 Å². The van der Waals surface area contributed by atoms with Crippen molar-refractivity contribution in [3.8, 4) is 46.0 Å². The van der Waals surface area contributed by atoms with Gasteiger partial charge in [-0.15, -0.1) is 0 Å². The summed E-state index contributed by atoms with van der Waals surface area (Å²) in [6, 6.07) is 107. The van der Waals surface area contributed by atoms with E-state index in [0.29, 0.717) is 17.7 Å². The van der Waals surface area contributed by atoms with Crippen LogP contribution in [-0.2, 0) is 0 Å². The summed E-state index contributed by atoms with van der Waals surface area (Å²) in [7, 11) is 0. The molecule has 20 aromatic rings. The van der Waals surface area contributed by atoms with E-state index in [-0.39, 0.29) is 0 Å². The zero-order valence-corrected chi connectivity index (χ0v) is 48.3. The Morgan fingerprint density at radius 3 is 0.833 bits per heavy atom. The highest BCUT2D eigenvalue weighted by Gasteiger charge is 2.29. The van der Waals surface area contributed by atoms with Gasteiger partial charge < -0.3 is 18.3 Å². The molecular formula is C81H49N9. The van der Waals surface area contributed by atoms with Gasteiger partial charge in [0.1, 0.15) is 0 Å². The molecule has 7 aromatic heterocycles. The summed E-state index contributed by atoms with van der Waals surface area (Å²) in [4.78, 5) is 17.6. The highest BCUT2D eigenvalue weighted by molar-refractivity contribution is 6.29. The maximum atomic E-state index is 6.04. The molecule has 0 aliphatic rings. The highest BCUT2D eigenvalue weighted by atomic mass is 15.3. The number of nitrogens with zero attached hydrogens (tertiary/aromatic N) is 9. The number of benzene rings is 13. The minimum atomic E-state index is 0.493. The maximum absolute atomic E-state index is 6.04. The Morgan fingerprint density at radius 1 is 0.178 bits per heavy atom. The number of para-hydroxylation sites is 8. The van der Waals surface area contributed by atoms with Gasteiger partial charge in [-0.1, -0.05) is 200 Å². The van der Waals surface area contributed by atoms with Crippen molar-refractivity contribution in [2.24, 2.45) is 0 Å². The van der Waals surface area contributed by atoms with Crippen LogP contribution in [-0.4, -0.2) is 42.4 Å². The molecule has 0 atom stereocenters. The molecule has 0 unspecified atom stereocenters. The molecule has 0 aliphatic carbocycles. The third-order valence-corrected chi connectivity index (χ3v) is 18.8. The van der Waals surface area contributed by atoms with Crippen molar-refractivity contribution >= 4 is 131 Å². The van der Waals surface area contributed by atoms with Crippen molar-refractivity contribution in [3.63, 3.8) is 0 Å². The van der Waals surface area contributed by atoms with E-state index < -0.39 is 0 Å². The molecule has 0 fully saturated rings. The topological polar surface area (TPSA) is 68.2 Å². The van der Waals surface area contributed by atoms with Crippen molar-refractivity contribution in [2.75, 3.05) is 0 Å². The molecule has 13 aromatic carbocycles. The van der Waals surface area contributed by atoms with Crippen LogP contribution in [0.25, 0.3) is 177 Å². The zero-order valence-electron chi connectivity index (χ0n) is 48.3. The Labute approximate surface area is 513 Å². The Hall–Kier alpha value is -12.3. The molecule has 9 nitrogen and oxygen atoms in total. The first kappa shape index (κ1) is 48.9. The lowest BCUT2D eigenvalue weighted by molar-refractivity contribution is 0.893. The fourth-order valence-corrected chi connectivity index (χ4v) is 15.1. The smallest absolute Gasteiger partial charge is 0.240 e. The highest BCUT2D eigenvalue weighted by Crippen LogP contribution is 2.48. The lowest BCUT2D eigenvalue weighted by Crippen LogP contribution is -2.11. The van der Waals surface area contributed by atoms with E-state index in [2.05, 4.69) is 325 Å². The lowest BCUT2D eigenvalue weighted by Gasteiger charge is -2.15. The molecular weight excluding hydrogens is 1100 g/mol. The molecule has 9 heteroatoms. The fourth-order valence-electron chi connectivity index (χ4n) is 15.1. The summed E-state index contributed by atoms with van der Waals surface area (Å²) < 4.78 is 14.4. The van der Waals surface area contributed by atoms with Gasteiger partial charge in [-0.05, 0) is 97.1 Å². The van der Waals surface area contributed by atoms with Crippen LogP contribution in [0.5, 0.6) is 0 Å². The maximum Gasteiger partial charge on any atom is 0.240 e. The van der Waals surface area contributed by atoms with Gasteiger partial charge in [-0.3, -0.25) is 9.13 Å². The third kappa shape index (κ3) is 6.77. The van der Waals surface area contributed by atoms with Crippen molar-refractivity contribution in [1.82, 2.24) is 42.4 Å². The summed E-state index contributed by atoms with van der Waals surface area (Å²) in [5, 5.41) is 13.5. The van der Waals surface area contributed by atoms with E-state index in [4.69, 9.17) is 15.0 Å². The molecule has 0 saturated heterocycles. The van der Waals surface area contributed by atoms with Gasteiger partial charge in [-0.25, -0.2) is 0 Å². The molecule has 0 bridgehead atoms. The minimum Gasteiger partial charge on any atom is -0.309 e. The van der Waals surface area contributed by atoms with Crippen LogP contribution in [0.15, 0.2) is 297 Å². The Balaban J connectivity index is 0.997. The monoisotopic (exact) mass is 1150 g/mol. The first-order chi connectivity index (χ1) is 44.7. The van der Waals surface area contributed by atoms with Gasteiger partial charge in [0.15, 0.2) is 5.82 Å². The molecule has 90 heavy (non-hydrogen) atoms. The van der Waals surface area contributed by atoms with Crippen molar-refractivity contribution in [2.45, 2.75) is 0 Å². The molecule has 20 rings (SSSR count). The van der Waals surface area contributed by atoms with Gasteiger partial charge in [0.2, 0.25) is 11.9 Å². The average molecular weight is 1150 g/mol. The first-order valence-electron chi connectivity index (χ1n) is 30.6. The number of aromatic nitrogens is 9. The Morgan fingerprint density at radius 2 is 0.444 bits per heavy atom. The van der Waals surface area contributed by atoms with Crippen LogP contribution in [0.4, 0.5) is 0 Å². The van der Waals surface area contributed by atoms with Crippen LogP contribution >= 0.6 is 0 Å². The van der Waals surface area contributed by atoms with E-state index in [0.717, 1.165) is 159 Å². The van der Waals surface area contributed by atoms with Crippen molar-refractivity contribution < 1.29 is 0 Å². The SMILES string of the molecule is c1ccc(-c2nc(-n3c4cc5c6ccccc6n(-c6ccccc6)c5cc4c4cc5c(cc43)c3ccccc3n5-c3ccccc3)nc(-n3c4c(ccc5c6ccccc6n(-c6ccccc6)c54)c4ccc5c6ccccc6n(-c6ccccc6)c5c43)n2)cc1. The summed E-state index contributed by atoms with van der Waals surface area (Å²) in [5.74, 6) is 1.54. The average Bonchev–Trinajstić information content (AvgIpc) is 1.56. The van der Waals surface area contributed by atoms with Crippen LogP contribution in [0.2, 0.25) is 0 Å². The van der Waals surface area contributed by atoms with Crippen LogP contribution in [0.3, 0.4) is 0 Å². The number of hydrogen-bond donors (Lipinski definition) is 0. The second kappa shape index (κ2) is 18.6. The minimum absolute atomic E-state index is 0.493. The standard InChI is InChI=1S/C81H49N9/c1-6-24-50(25-7-1)79-82-80(89-73-46-63-57-36-18-20-38-67(57)85(51-26-8-2-9-27-51)71(63)48-65(73)66-49-72-64(47-74(66)89)58-37-19-21-39-68(58)86(72)52-28-10-3-11-29-52)84-81(83-79)90-77-61(44-42-59-55-34-16-22-40-69(55)87(75(59)77)53-30-12-4-13-31-53)62-45-43-60-56-35-17-23-41-70(56)88(76(60)78(62)90)54-32-14-5-15-33-54/h1-49H. The quantitative estimate of drug-likeness (QED) is 0.160. The van der Waals surface area contributed by atoms with Gasteiger partial charge in [0.25, 0.3) is 0 Å². The predicted octanol–water partition coefficient (Wildman–Crippen LogP) is 20.1. The van der Waals surface area contributed by atoms with Crippen LogP contribution < -0.4 is 0 Å². The molecule has 0 radical (unpaired) electrons. The number of hydrogen-bond acceptors (Lipinski definition) is 3. The molecule has 418 valence electrons. The van der Waals surface area contributed by atoms with Crippen molar-refractivity contribution in [1.29, 1.82) is 0 Å². The first-order valence-corrected chi connectivity index (χ1v) is 30.6. The number of fused-ring (bicyclic) bond motifs is 20. The van der Waals surface area contributed by atoms with Crippen LogP contribution in [0, 0.1) is 0 Å². The van der Waals surface area contributed by atoms with Crippen molar-refractivity contribution in [3.05, 3.63) is 297 Å². The van der Waals surface area contributed by atoms with Gasteiger partial charge in [-0.2, -0.15) is 15.0 Å². The van der Waals surface area contributed by atoms with E-state index in [9.17, 15) is 0 Å². The van der Waals surface area contributed by atoms with E-state index in [1.807, 2.05) is 0 Å². The second-order valence-electron chi connectivity index (χ2n) is 23.5. The number of rotatable bonds is 7. The summed E-state index contributed by atoms with van der Waals surface area (Å²) in [5.41, 5.74) is 17.9. The van der Waals surface area contributed by atoms with E-state index in [1.54, 1.807) is 0 Å². The predicted molar refractivity (Wildman–Crippen MR) is 371 cm³/mol. The molecule has 0 N–H and O–H groups in total. The second-order valence-corrected chi connectivity index (χ2v) is 23.5. The summed E-state index contributed by atoms with van der Waals surface area (Å²) in [6.07, 6.45) is 0. The van der Waals surface area contributed by atoms with Gasteiger partial charge in [0, 0.05) is 92.9 Å². The molecule has 0 saturated carbocycles. The van der Waals surface area contributed by atoms with E-state index >= 15 is 0 Å². The molecule has 0 aliphatic heterocycles. The molecule has 7 heterocycles. The molecule has 0 amide bonds. The normalized spacial score (nSPS) is 12.2. The zero-order chi connectivity index (χ0) is 58.7. The fraction of sp³-hybridized carbons (Fsp3) is 0. The third-order valence-electron chi connectivity index (χ3n) is 18.8. The summed E-state index contributed by atoms with van der Waals surface area (Å²) >= 11 is 0. The molecule has 0 spiro atoms. The lowest BCUT2D eigenvalue weighted by atomic mass is 10.1. The summed E-state index contributed by atoms with van der Waals surface area (Å²) in [6.45, 7) is 0. The largest absolute Gasteiger partial charge is 0.309 e. The van der Waals surface area contributed by atoms with Crippen LogP contribution in [0.1, 0.15) is 0 Å². The van der Waals surface area contributed by atoms with E-state index in [1.165, 1.54) is 0 Å².